The van der Waals surface area contributed by atoms with Crippen LogP contribution in [0.1, 0.15) is 43.1 Å². The first-order valence-electron chi connectivity index (χ1n) is 9.58. The number of hydrogen-bond donors (Lipinski definition) is 3. The van der Waals surface area contributed by atoms with Crippen LogP contribution in [-0.4, -0.2) is 51.3 Å². The first-order valence-corrected chi connectivity index (χ1v) is 9.58. The summed E-state index contributed by atoms with van der Waals surface area (Å²) < 4.78 is 19.1. The van der Waals surface area contributed by atoms with Crippen LogP contribution in [0.2, 0.25) is 0 Å². The van der Waals surface area contributed by atoms with Crippen molar-refractivity contribution in [3.05, 3.63) is 35.1 Å². The van der Waals surface area contributed by atoms with E-state index in [0.29, 0.717) is 49.2 Å². The predicted octanol–water partition coefficient (Wildman–Crippen LogP) is 2.48. The van der Waals surface area contributed by atoms with Gasteiger partial charge in [-0.25, -0.2) is 4.39 Å². The second kappa shape index (κ2) is 13.1. The maximum atomic E-state index is 13.5. The largest absolute Gasteiger partial charge is 0.381 e. The Bertz CT molecular complexity index is 606. The van der Waals surface area contributed by atoms with E-state index in [4.69, 9.17) is 4.74 Å². The molecule has 0 spiro atoms. The number of halogens is 1. The lowest BCUT2D eigenvalue weighted by Gasteiger charge is -2.12. The van der Waals surface area contributed by atoms with Gasteiger partial charge in [-0.3, -0.25) is 9.79 Å². The van der Waals surface area contributed by atoms with Crippen LogP contribution in [0.3, 0.4) is 0 Å². The third-order valence-electron chi connectivity index (χ3n) is 3.65. The molecule has 0 aliphatic rings. The lowest BCUT2D eigenvalue weighted by atomic mass is 10.1. The first-order chi connectivity index (χ1) is 12.9. The molecule has 6 nitrogen and oxygen atoms in total. The predicted molar refractivity (Wildman–Crippen MR) is 108 cm³/mol. The average molecular weight is 381 g/mol. The number of benzene rings is 1. The van der Waals surface area contributed by atoms with Crippen LogP contribution in [0.4, 0.5) is 4.39 Å². The molecule has 0 heterocycles. The molecule has 3 N–H and O–H groups in total. The quantitative estimate of drug-likeness (QED) is 0.313. The van der Waals surface area contributed by atoms with E-state index < -0.39 is 0 Å². The topological polar surface area (TPSA) is 74.8 Å². The van der Waals surface area contributed by atoms with E-state index in [0.717, 1.165) is 19.6 Å². The molecular weight excluding hydrogens is 347 g/mol. The first kappa shape index (κ1) is 22.9. The van der Waals surface area contributed by atoms with Crippen LogP contribution in [0.5, 0.6) is 0 Å². The van der Waals surface area contributed by atoms with E-state index in [1.54, 1.807) is 19.1 Å². The SMILES string of the molecule is CCNC(=NCCCOCC(C)C)NCCNC(=O)c1ccc(C)c(F)c1. The molecule has 1 amide bonds. The number of aryl methyl sites for hydroxylation is 1. The van der Waals surface area contributed by atoms with E-state index in [-0.39, 0.29) is 11.7 Å². The number of hydrogen-bond acceptors (Lipinski definition) is 3. The molecule has 0 aliphatic carbocycles. The van der Waals surface area contributed by atoms with Gasteiger partial charge in [0.1, 0.15) is 5.82 Å². The zero-order valence-electron chi connectivity index (χ0n) is 16.9. The van der Waals surface area contributed by atoms with Crippen LogP contribution < -0.4 is 16.0 Å². The normalized spacial score (nSPS) is 11.6. The van der Waals surface area contributed by atoms with Crippen molar-refractivity contribution in [2.45, 2.75) is 34.1 Å². The van der Waals surface area contributed by atoms with Crippen molar-refractivity contribution in [1.82, 2.24) is 16.0 Å². The Kier molecular flexibility index (Phi) is 11.1. The van der Waals surface area contributed by atoms with Crippen molar-refractivity contribution >= 4 is 11.9 Å². The molecule has 1 rings (SSSR count). The van der Waals surface area contributed by atoms with Gasteiger partial charge >= 0.3 is 0 Å². The lowest BCUT2D eigenvalue weighted by Crippen LogP contribution is -2.41. The summed E-state index contributed by atoms with van der Waals surface area (Å²) in [5, 5.41) is 9.09. The molecule has 0 saturated carbocycles. The van der Waals surface area contributed by atoms with Crippen molar-refractivity contribution in [1.29, 1.82) is 0 Å². The van der Waals surface area contributed by atoms with Crippen molar-refractivity contribution in [3.8, 4) is 0 Å². The summed E-state index contributed by atoms with van der Waals surface area (Å²) in [5.41, 5.74) is 0.842. The molecular formula is C20H33FN4O2. The Morgan fingerprint density at radius 2 is 1.96 bits per heavy atom. The van der Waals surface area contributed by atoms with Crippen molar-refractivity contribution < 1.29 is 13.9 Å². The van der Waals surface area contributed by atoms with Gasteiger partial charge in [0.15, 0.2) is 5.96 Å². The van der Waals surface area contributed by atoms with Gasteiger partial charge in [-0.15, -0.1) is 0 Å². The van der Waals surface area contributed by atoms with E-state index in [1.807, 2.05) is 6.92 Å². The molecule has 0 bridgehead atoms. The minimum absolute atomic E-state index is 0.292. The Labute approximate surface area is 162 Å². The highest BCUT2D eigenvalue weighted by molar-refractivity contribution is 5.94. The Morgan fingerprint density at radius 1 is 1.22 bits per heavy atom. The molecule has 7 heteroatoms. The van der Waals surface area contributed by atoms with Gasteiger partial charge < -0.3 is 20.7 Å². The zero-order valence-corrected chi connectivity index (χ0v) is 16.9. The van der Waals surface area contributed by atoms with Gasteiger partial charge in [0.05, 0.1) is 0 Å². The highest BCUT2D eigenvalue weighted by Crippen LogP contribution is 2.08. The highest BCUT2D eigenvalue weighted by Gasteiger charge is 2.07. The summed E-state index contributed by atoms with van der Waals surface area (Å²) in [6.07, 6.45) is 0.860. The van der Waals surface area contributed by atoms with Gasteiger partial charge in [0, 0.05) is 45.0 Å². The second-order valence-electron chi connectivity index (χ2n) is 6.73. The third-order valence-corrected chi connectivity index (χ3v) is 3.65. The summed E-state index contributed by atoms with van der Waals surface area (Å²) in [6.45, 7) is 11.7. The van der Waals surface area contributed by atoms with Crippen LogP contribution in [0, 0.1) is 18.7 Å². The fourth-order valence-corrected chi connectivity index (χ4v) is 2.21. The monoisotopic (exact) mass is 380 g/mol. The van der Waals surface area contributed by atoms with Gasteiger partial charge in [0.2, 0.25) is 0 Å². The number of rotatable bonds is 11. The van der Waals surface area contributed by atoms with Gasteiger partial charge in [-0.1, -0.05) is 19.9 Å². The molecule has 0 fully saturated rings. The fraction of sp³-hybridized carbons (Fsp3) is 0.600. The molecule has 0 saturated heterocycles. The number of carbonyl (C=O) groups is 1. The Balaban J connectivity index is 2.29. The second-order valence-corrected chi connectivity index (χ2v) is 6.73. The molecule has 0 atom stereocenters. The van der Waals surface area contributed by atoms with E-state index in [1.165, 1.54) is 6.07 Å². The summed E-state index contributed by atoms with van der Waals surface area (Å²) in [7, 11) is 0. The minimum Gasteiger partial charge on any atom is -0.381 e. The smallest absolute Gasteiger partial charge is 0.251 e. The molecule has 0 radical (unpaired) electrons. The number of nitrogens with zero attached hydrogens (tertiary/aromatic N) is 1. The minimum atomic E-state index is -0.375. The van der Waals surface area contributed by atoms with E-state index in [2.05, 4.69) is 34.8 Å². The van der Waals surface area contributed by atoms with Gasteiger partial charge in [0.25, 0.3) is 5.91 Å². The number of carbonyl (C=O) groups excluding carboxylic acids is 1. The van der Waals surface area contributed by atoms with Crippen molar-refractivity contribution in [2.24, 2.45) is 10.9 Å². The highest BCUT2D eigenvalue weighted by atomic mass is 19.1. The molecule has 0 aromatic heterocycles. The summed E-state index contributed by atoms with van der Waals surface area (Å²) >= 11 is 0. The number of nitrogens with one attached hydrogen (secondary N) is 3. The van der Waals surface area contributed by atoms with Crippen LogP contribution >= 0.6 is 0 Å². The number of aliphatic imine (C=N–C) groups is 1. The lowest BCUT2D eigenvalue weighted by molar-refractivity contribution is 0.0954. The molecule has 0 unspecified atom stereocenters. The van der Waals surface area contributed by atoms with E-state index >= 15 is 0 Å². The van der Waals surface area contributed by atoms with E-state index in [9.17, 15) is 9.18 Å². The van der Waals surface area contributed by atoms with Crippen LogP contribution in [0.25, 0.3) is 0 Å². The van der Waals surface area contributed by atoms with Gasteiger partial charge in [-0.2, -0.15) is 0 Å². The summed E-state index contributed by atoms with van der Waals surface area (Å²) in [6, 6.07) is 4.47. The maximum Gasteiger partial charge on any atom is 0.251 e. The maximum absolute atomic E-state index is 13.5. The Morgan fingerprint density at radius 3 is 2.63 bits per heavy atom. The fourth-order valence-electron chi connectivity index (χ4n) is 2.21. The Hall–Kier alpha value is -2.15. The average Bonchev–Trinajstić information content (AvgIpc) is 2.63. The van der Waals surface area contributed by atoms with Crippen LogP contribution in [-0.2, 0) is 4.74 Å². The van der Waals surface area contributed by atoms with Crippen molar-refractivity contribution in [2.75, 3.05) is 39.4 Å². The number of guanidine groups is 1. The molecule has 1 aromatic carbocycles. The third kappa shape index (κ3) is 9.94. The number of ether oxygens (including phenoxy) is 1. The molecule has 27 heavy (non-hydrogen) atoms. The van der Waals surface area contributed by atoms with Crippen LogP contribution in [0.15, 0.2) is 23.2 Å². The standard InChI is InChI=1S/C20H33FN4O2/c1-5-22-20(24-9-6-12-27-14-15(2)3)25-11-10-23-19(26)17-8-7-16(4)18(21)13-17/h7-8,13,15H,5-6,9-12,14H2,1-4H3,(H,23,26)(H2,22,24,25). The molecule has 152 valence electrons. The summed E-state index contributed by atoms with van der Waals surface area (Å²) in [5.74, 6) is 0.579. The molecule has 0 aliphatic heterocycles. The molecule has 1 aromatic rings. The number of amides is 1. The van der Waals surface area contributed by atoms with Crippen molar-refractivity contribution in [3.63, 3.8) is 0 Å². The summed E-state index contributed by atoms with van der Waals surface area (Å²) in [4.78, 5) is 16.5. The zero-order chi connectivity index (χ0) is 20.1. The van der Waals surface area contributed by atoms with Gasteiger partial charge in [-0.05, 0) is 43.9 Å².